The SMILES string of the molecule is Cc1ncsc1-c1nc(O)c(-c2ccc(Br)cc2)c(=O)[nH]1. The lowest BCUT2D eigenvalue weighted by molar-refractivity contribution is 0.454. The van der Waals surface area contributed by atoms with Gasteiger partial charge in [0, 0.05) is 4.47 Å². The molecule has 0 unspecified atom stereocenters. The van der Waals surface area contributed by atoms with Crippen molar-refractivity contribution in [2.45, 2.75) is 6.92 Å². The van der Waals surface area contributed by atoms with Gasteiger partial charge in [0.2, 0.25) is 5.88 Å². The summed E-state index contributed by atoms with van der Waals surface area (Å²) in [5.74, 6) is 0.0437. The minimum absolute atomic E-state index is 0.161. The molecule has 0 aliphatic rings. The predicted octanol–water partition coefficient (Wildman–Crippen LogP) is 3.34. The first kappa shape index (κ1) is 14.0. The van der Waals surface area contributed by atoms with Gasteiger partial charge in [-0.25, -0.2) is 4.98 Å². The van der Waals surface area contributed by atoms with Crippen molar-refractivity contribution in [3.63, 3.8) is 0 Å². The molecular weight excluding hydrogens is 354 g/mol. The quantitative estimate of drug-likeness (QED) is 0.731. The Morgan fingerprint density at radius 3 is 2.57 bits per heavy atom. The third kappa shape index (κ3) is 2.62. The second-order valence-electron chi connectivity index (χ2n) is 4.39. The van der Waals surface area contributed by atoms with Crippen LogP contribution in [0.25, 0.3) is 21.8 Å². The highest BCUT2D eigenvalue weighted by Gasteiger charge is 2.15. The molecule has 0 fully saturated rings. The largest absolute Gasteiger partial charge is 0.493 e. The molecule has 2 aromatic heterocycles. The molecule has 0 saturated carbocycles. The number of H-pyrrole nitrogens is 1. The topological polar surface area (TPSA) is 78.9 Å². The Balaban J connectivity index is 2.15. The van der Waals surface area contributed by atoms with Crippen molar-refractivity contribution in [1.29, 1.82) is 0 Å². The average molecular weight is 364 g/mol. The maximum Gasteiger partial charge on any atom is 0.262 e. The van der Waals surface area contributed by atoms with E-state index in [9.17, 15) is 9.90 Å². The first-order chi connectivity index (χ1) is 10.1. The lowest BCUT2D eigenvalue weighted by atomic mass is 10.1. The van der Waals surface area contributed by atoms with Crippen LogP contribution in [-0.2, 0) is 0 Å². The van der Waals surface area contributed by atoms with Gasteiger partial charge in [-0.3, -0.25) is 4.79 Å². The molecule has 0 radical (unpaired) electrons. The number of hydrogen-bond donors (Lipinski definition) is 2. The summed E-state index contributed by atoms with van der Waals surface area (Å²) in [6.07, 6.45) is 0. The summed E-state index contributed by atoms with van der Waals surface area (Å²) in [5, 5.41) is 10.1. The normalized spacial score (nSPS) is 10.8. The van der Waals surface area contributed by atoms with E-state index < -0.39 is 0 Å². The molecule has 21 heavy (non-hydrogen) atoms. The minimum atomic E-state index is -0.382. The van der Waals surface area contributed by atoms with Crippen LogP contribution in [0.5, 0.6) is 5.88 Å². The monoisotopic (exact) mass is 363 g/mol. The molecule has 0 aliphatic carbocycles. The summed E-state index contributed by atoms with van der Waals surface area (Å²) in [6, 6.07) is 7.09. The van der Waals surface area contributed by atoms with E-state index in [0.29, 0.717) is 11.4 Å². The van der Waals surface area contributed by atoms with E-state index in [0.717, 1.165) is 15.0 Å². The van der Waals surface area contributed by atoms with Crippen LogP contribution in [-0.4, -0.2) is 20.1 Å². The smallest absolute Gasteiger partial charge is 0.262 e. The first-order valence-corrected chi connectivity index (χ1v) is 7.73. The lowest BCUT2D eigenvalue weighted by Gasteiger charge is -2.05. The molecule has 2 heterocycles. The molecule has 0 aliphatic heterocycles. The van der Waals surface area contributed by atoms with Crippen LogP contribution in [0.1, 0.15) is 5.69 Å². The van der Waals surface area contributed by atoms with E-state index in [1.54, 1.807) is 29.8 Å². The standard InChI is InChI=1S/C14H10BrN3O2S/c1-7-11(21-6-16-7)12-17-13(19)10(14(20)18-12)8-2-4-9(15)5-3-8/h2-6H,1H3,(H2,17,18,19,20). The number of halogens is 1. The van der Waals surface area contributed by atoms with Crippen molar-refractivity contribution in [3.8, 4) is 27.7 Å². The van der Waals surface area contributed by atoms with Gasteiger partial charge in [-0.2, -0.15) is 4.98 Å². The second-order valence-corrected chi connectivity index (χ2v) is 6.16. The molecule has 0 atom stereocenters. The molecule has 0 saturated heterocycles. The molecule has 3 rings (SSSR count). The van der Waals surface area contributed by atoms with E-state index in [1.807, 2.05) is 6.92 Å². The fourth-order valence-corrected chi connectivity index (χ4v) is 2.99. The Kier molecular flexibility index (Phi) is 3.60. The zero-order valence-corrected chi connectivity index (χ0v) is 13.3. The van der Waals surface area contributed by atoms with Crippen molar-refractivity contribution < 1.29 is 5.11 Å². The van der Waals surface area contributed by atoms with Gasteiger partial charge < -0.3 is 10.1 Å². The third-order valence-electron chi connectivity index (χ3n) is 2.99. The minimum Gasteiger partial charge on any atom is -0.493 e. The van der Waals surface area contributed by atoms with E-state index in [-0.39, 0.29) is 17.0 Å². The van der Waals surface area contributed by atoms with Crippen LogP contribution in [0, 0.1) is 6.92 Å². The molecule has 7 heteroatoms. The van der Waals surface area contributed by atoms with Gasteiger partial charge in [0.05, 0.1) is 16.1 Å². The van der Waals surface area contributed by atoms with Crippen molar-refractivity contribution in [2.24, 2.45) is 0 Å². The fourth-order valence-electron chi connectivity index (χ4n) is 1.97. The Hall–Kier alpha value is -1.99. The van der Waals surface area contributed by atoms with Crippen molar-refractivity contribution in [2.75, 3.05) is 0 Å². The number of aromatic hydroxyl groups is 1. The summed E-state index contributed by atoms with van der Waals surface area (Å²) >= 11 is 4.69. The zero-order chi connectivity index (χ0) is 15.0. The van der Waals surface area contributed by atoms with Crippen LogP contribution in [0.2, 0.25) is 0 Å². The number of benzene rings is 1. The van der Waals surface area contributed by atoms with Gasteiger partial charge in [-0.15, -0.1) is 11.3 Å². The van der Waals surface area contributed by atoms with Crippen molar-refractivity contribution in [3.05, 3.63) is 50.3 Å². The Morgan fingerprint density at radius 2 is 2.00 bits per heavy atom. The lowest BCUT2D eigenvalue weighted by Crippen LogP contribution is -2.12. The van der Waals surface area contributed by atoms with Crippen LogP contribution in [0.15, 0.2) is 39.0 Å². The number of hydrogen-bond acceptors (Lipinski definition) is 5. The van der Waals surface area contributed by atoms with Crippen LogP contribution in [0.3, 0.4) is 0 Å². The maximum absolute atomic E-state index is 12.3. The van der Waals surface area contributed by atoms with Crippen molar-refractivity contribution >= 4 is 27.3 Å². The Labute approximate surface area is 132 Å². The highest BCUT2D eigenvalue weighted by atomic mass is 79.9. The maximum atomic E-state index is 12.3. The van der Waals surface area contributed by atoms with Crippen LogP contribution >= 0.6 is 27.3 Å². The summed E-state index contributed by atoms with van der Waals surface area (Å²) in [4.78, 5) is 23.9. The first-order valence-electron chi connectivity index (χ1n) is 6.06. The highest BCUT2D eigenvalue weighted by molar-refractivity contribution is 9.10. The highest BCUT2D eigenvalue weighted by Crippen LogP contribution is 2.29. The number of nitrogens with one attached hydrogen (secondary N) is 1. The molecule has 3 aromatic rings. The van der Waals surface area contributed by atoms with Gasteiger partial charge in [0.25, 0.3) is 5.56 Å². The molecule has 1 aromatic carbocycles. The molecule has 0 amide bonds. The van der Waals surface area contributed by atoms with Crippen LogP contribution < -0.4 is 5.56 Å². The zero-order valence-electron chi connectivity index (χ0n) is 10.9. The predicted molar refractivity (Wildman–Crippen MR) is 85.5 cm³/mol. The van der Waals surface area contributed by atoms with E-state index in [2.05, 4.69) is 30.9 Å². The molecule has 2 N–H and O–H groups in total. The average Bonchev–Trinajstić information content (AvgIpc) is 2.86. The third-order valence-corrected chi connectivity index (χ3v) is 4.46. The van der Waals surface area contributed by atoms with Crippen LogP contribution in [0.4, 0.5) is 0 Å². The Bertz CT molecular complexity index is 855. The van der Waals surface area contributed by atoms with Gasteiger partial charge in [-0.05, 0) is 24.6 Å². The number of nitrogens with zero attached hydrogens (tertiary/aromatic N) is 2. The summed E-state index contributed by atoms with van der Waals surface area (Å²) in [5.41, 5.74) is 2.82. The Morgan fingerprint density at radius 1 is 1.29 bits per heavy atom. The van der Waals surface area contributed by atoms with Gasteiger partial charge in [-0.1, -0.05) is 28.1 Å². The number of aryl methyl sites for hydroxylation is 1. The number of aromatic amines is 1. The summed E-state index contributed by atoms with van der Waals surface area (Å²) < 4.78 is 0.895. The second kappa shape index (κ2) is 5.42. The summed E-state index contributed by atoms with van der Waals surface area (Å²) in [7, 11) is 0. The van der Waals surface area contributed by atoms with E-state index in [1.165, 1.54) is 11.3 Å². The number of rotatable bonds is 2. The fraction of sp³-hybridized carbons (Fsp3) is 0.0714. The van der Waals surface area contributed by atoms with Crippen molar-refractivity contribution in [1.82, 2.24) is 15.0 Å². The molecule has 0 bridgehead atoms. The molecule has 0 spiro atoms. The molecule has 5 nitrogen and oxygen atoms in total. The molecule has 106 valence electrons. The number of thiazole rings is 1. The van der Waals surface area contributed by atoms with Gasteiger partial charge >= 0.3 is 0 Å². The molecular formula is C14H10BrN3O2S. The van der Waals surface area contributed by atoms with E-state index in [4.69, 9.17) is 0 Å². The van der Waals surface area contributed by atoms with Gasteiger partial charge in [0.1, 0.15) is 5.56 Å². The number of aromatic nitrogens is 3. The van der Waals surface area contributed by atoms with Gasteiger partial charge in [0.15, 0.2) is 5.82 Å². The summed E-state index contributed by atoms with van der Waals surface area (Å²) in [6.45, 7) is 1.82. The van der Waals surface area contributed by atoms with E-state index >= 15 is 0 Å².